The molecule has 5 heteroatoms. The molecule has 2 rings (SSSR count). The van der Waals surface area contributed by atoms with Crippen LogP contribution in [0.25, 0.3) is 0 Å². The molecule has 98 valence electrons. The third-order valence-electron chi connectivity index (χ3n) is 2.53. The molecule has 19 heavy (non-hydrogen) atoms. The van der Waals surface area contributed by atoms with Crippen molar-refractivity contribution in [2.24, 2.45) is 0 Å². The third-order valence-corrected chi connectivity index (χ3v) is 3.02. The molecule has 3 nitrogen and oxygen atoms in total. The van der Waals surface area contributed by atoms with E-state index in [4.69, 9.17) is 4.74 Å². The summed E-state index contributed by atoms with van der Waals surface area (Å²) in [4.78, 5) is 12.1. The molecule has 1 N–H and O–H groups in total. The van der Waals surface area contributed by atoms with Crippen LogP contribution >= 0.6 is 15.9 Å². The molecule has 0 heterocycles. The van der Waals surface area contributed by atoms with Gasteiger partial charge in [-0.05, 0) is 30.3 Å². The fourth-order valence-electron chi connectivity index (χ4n) is 1.61. The minimum atomic E-state index is -0.482. The van der Waals surface area contributed by atoms with E-state index >= 15 is 0 Å². The van der Waals surface area contributed by atoms with Crippen molar-refractivity contribution in [2.45, 2.75) is 0 Å². The predicted octanol–water partition coefficient (Wildman–Crippen LogP) is 3.85. The maximum Gasteiger partial charge on any atom is 0.259 e. The van der Waals surface area contributed by atoms with Crippen molar-refractivity contribution in [3.8, 4) is 5.75 Å². The van der Waals surface area contributed by atoms with Gasteiger partial charge in [0.2, 0.25) is 0 Å². The molecule has 0 aliphatic rings. The summed E-state index contributed by atoms with van der Waals surface area (Å²) in [5.74, 6) is -0.481. The number of rotatable bonds is 3. The van der Waals surface area contributed by atoms with Crippen LogP contribution in [0.15, 0.2) is 46.9 Å². The van der Waals surface area contributed by atoms with Crippen molar-refractivity contribution < 1.29 is 13.9 Å². The molecule has 0 saturated heterocycles. The van der Waals surface area contributed by atoms with E-state index in [0.29, 0.717) is 11.3 Å². The molecule has 0 radical (unpaired) electrons. The Morgan fingerprint density at radius 3 is 2.68 bits per heavy atom. The summed E-state index contributed by atoms with van der Waals surface area (Å²) < 4.78 is 19.3. The van der Waals surface area contributed by atoms with Crippen LogP contribution < -0.4 is 10.1 Å². The summed E-state index contributed by atoms with van der Waals surface area (Å²) in [7, 11) is 1.48. The van der Waals surface area contributed by atoms with Gasteiger partial charge < -0.3 is 10.1 Å². The summed E-state index contributed by atoms with van der Waals surface area (Å²) in [6.07, 6.45) is 0. The first-order chi connectivity index (χ1) is 9.11. The Hall–Kier alpha value is -1.88. The predicted molar refractivity (Wildman–Crippen MR) is 75.0 cm³/mol. The Morgan fingerprint density at radius 1 is 1.26 bits per heavy atom. The monoisotopic (exact) mass is 323 g/mol. The quantitative estimate of drug-likeness (QED) is 0.931. The largest absolute Gasteiger partial charge is 0.496 e. The van der Waals surface area contributed by atoms with Crippen molar-refractivity contribution in [3.05, 3.63) is 58.3 Å². The topological polar surface area (TPSA) is 38.3 Å². The molecule has 0 fully saturated rings. The smallest absolute Gasteiger partial charge is 0.259 e. The Morgan fingerprint density at radius 2 is 2.00 bits per heavy atom. The van der Waals surface area contributed by atoms with Gasteiger partial charge in [0.1, 0.15) is 11.6 Å². The van der Waals surface area contributed by atoms with Crippen LogP contribution in [-0.2, 0) is 0 Å². The second-order valence-corrected chi connectivity index (χ2v) is 4.69. The van der Waals surface area contributed by atoms with E-state index in [2.05, 4.69) is 21.2 Å². The fraction of sp³-hybridized carbons (Fsp3) is 0.0714. The second kappa shape index (κ2) is 5.84. The first kappa shape index (κ1) is 13.5. The minimum Gasteiger partial charge on any atom is -0.496 e. The van der Waals surface area contributed by atoms with Gasteiger partial charge in [-0.1, -0.05) is 28.1 Å². The molecule has 0 atom stereocenters. The number of hydrogen-bond acceptors (Lipinski definition) is 2. The molecule has 1 amide bonds. The Bertz CT molecular complexity index is 616. The number of halogens is 2. The second-order valence-electron chi connectivity index (χ2n) is 3.78. The maximum atomic E-state index is 13.5. The van der Waals surface area contributed by atoms with Crippen LogP contribution in [0.1, 0.15) is 10.4 Å². The highest BCUT2D eigenvalue weighted by molar-refractivity contribution is 9.10. The average molecular weight is 324 g/mol. The number of carbonyl (C=O) groups is 1. The van der Waals surface area contributed by atoms with Crippen LogP contribution in [0.5, 0.6) is 5.75 Å². The van der Waals surface area contributed by atoms with Crippen LogP contribution in [0.3, 0.4) is 0 Å². The van der Waals surface area contributed by atoms with Gasteiger partial charge in [0.15, 0.2) is 0 Å². The highest BCUT2D eigenvalue weighted by Crippen LogP contribution is 2.24. The summed E-state index contributed by atoms with van der Waals surface area (Å²) in [6.45, 7) is 0. The molecule has 0 aliphatic carbocycles. The molecular weight excluding hydrogens is 313 g/mol. The van der Waals surface area contributed by atoms with Crippen molar-refractivity contribution in [1.29, 1.82) is 0 Å². The molecule has 0 spiro atoms. The number of nitrogens with one attached hydrogen (secondary N) is 1. The minimum absolute atomic E-state index is 0.134. The van der Waals surface area contributed by atoms with E-state index in [0.717, 1.165) is 4.47 Å². The molecule has 2 aromatic rings. The van der Waals surface area contributed by atoms with E-state index in [1.165, 1.54) is 19.2 Å². The van der Waals surface area contributed by atoms with Gasteiger partial charge in [-0.25, -0.2) is 4.39 Å². The molecule has 0 unspecified atom stereocenters. The summed E-state index contributed by atoms with van der Waals surface area (Å²) in [5.41, 5.74) is 0.467. The van der Waals surface area contributed by atoms with E-state index in [9.17, 15) is 9.18 Å². The zero-order valence-electron chi connectivity index (χ0n) is 10.1. The van der Waals surface area contributed by atoms with Crippen LogP contribution in [0.4, 0.5) is 10.1 Å². The molecule has 2 aromatic carbocycles. The van der Waals surface area contributed by atoms with Crippen molar-refractivity contribution in [2.75, 3.05) is 12.4 Å². The van der Waals surface area contributed by atoms with Crippen molar-refractivity contribution in [1.82, 2.24) is 0 Å². The number of para-hydroxylation sites is 1. The van der Waals surface area contributed by atoms with E-state index in [-0.39, 0.29) is 5.69 Å². The first-order valence-electron chi connectivity index (χ1n) is 5.51. The summed E-state index contributed by atoms with van der Waals surface area (Å²) >= 11 is 3.28. The van der Waals surface area contributed by atoms with Crippen molar-refractivity contribution >= 4 is 27.5 Å². The van der Waals surface area contributed by atoms with Gasteiger partial charge in [-0.15, -0.1) is 0 Å². The number of ether oxygens (including phenoxy) is 1. The van der Waals surface area contributed by atoms with Crippen LogP contribution in [-0.4, -0.2) is 13.0 Å². The molecule has 0 saturated carbocycles. The Labute approximate surface area is 118 Å². The van der Waals surface area contributed by atoms with Gasteiger partial charge in [-0.3, -0.25) is 4.79 Å². The summed E-state index contributed by atoms with van der Waals surface area (Å²) in [5, 5.41) is 2.51. The highest BCUT2D eigenvalue weighted by Gasteiger charge is 2.14. The standard InChI is InChI=1S/C14H11BrFNO2/c1-19-13-7-6-9(15)8-10(13)14(18)17-12-5-3-2-4-11(12)16/h2-8H,1H3,(H,17,18). The lowest BCUT2D eigenvalue weighted by Crippen LogP contribution is -2.14. The number of hydrogen-bond donors (Lipinski definition) is 1. The lowest BCUT2D eigenvalue weighted by atomic mass is 10.2. The average Bonchev–Trinajstić information content (AvgIpc) is 2.41. The fourth-order valence-corrected chi connectivity index (χ4v) is 1.97. The Balaban J connectivity index is 2.30. The number of carbonyl (C=O) groups excluding carboxylic acids is 1. The number of methoxy groups -OCH3 is 1. The first-order valence-corrected chi connectivity index (χ1v) is 6.30. The summed E-state index contributed by atoms with van der Waals surface area (Å²) in [6, 6.07) is 11.0. The van der Waals surface area contributed by atoms with Crippen LogP contribution in [0, 0.1) is 5.82 Å². The maximum absolute atomic E-state index is 13.5. The van der Waals surface area contributed by atoms with E-state index in [1.54, 1.807) is 30.3 Å². The van der Waals surface area contributed by atoms with Crippen LogP contribution in [0.2, 0.25) is 0 Å². The van der Waals surface area contributed by atoms with Gasteiger partial charge >= 0.3 is 0 Å². The Kier molecular flexibility index (Phi) is 4.16. The van der Waals surface area contributed by atoms with E-state index in [1.807, 2.05) is 0 Å². The number of benzene rings is 2. The molecular formula is C14H11BrFNO2. The van der Waals surface area contributed by atoms with Gasteiger partial charge in [-0.2, -0.15) is 0 Å². The molecule has 0 bridgehead atoms. The van der Waals surface area contributed by atoms with Gasteiger partial charge in [0.05, 0.1) is 18.4 Å². The lowest BCUT2D eigenvalue weighted by molar-refractivity contribution is 0.102. The number of amides is 1. The number of anilines is 1. The SMILES string of the molecule is COc1ccc(Br)cc1C(=O)Nc1ccccc1F. The zero-order chi connectivity index (χ0) is 13.8. The van der Waals surface area contributed by atoms with E-state index < -0.39 is 11.7 Å². The van der Waals surface area contributed by atoms with Crippen molar-refractivity contribution in [3.63, 3.8) is 0 Å². The van der Waals surface area contributed by atoms with Gasteiger partial charge in [0.25, 0.3) is 5.91 Å². The molecule has 0 aromatic heterocycles. The zero-order valence-corrected chi connectivity index (χ0v) is 11.7. The molecule has 0 aliphatic heterocycles. The highest BCUT2D eigenvalue weighted by atomic mass is 79.9. The lowest BCUT2D eigenvalue weighted by Gasteiger charge is -2.10. The van der Waals surface area contributed by atoms with Gasteiger partial charge in [0, 0.05) is 4.47 Å². The normalized spacial score (nSPS) is 10.1. The third kappa shape index (κ3) is 3.12.